The van der Waals surface area contributed by atoms with Crippen LogP contribution in [0.15, 0.2) is 48.5 Å². The van der Waals surface area contributed by atoms with Crippen LogP contribution in [0.3, 0.4) is 0 Å². The Morgan fingerprint density at radius 2 is 1.76 bits per heavy atom. The quantitative estimate of drug-likeness (QED) is 0.534. The molecule has 2 aromatic carbocycles. The molecule has 3 rings (SSSR count). The van der Waals surface area contributed by atoms with Crippen LogP contribution >= 0.6 is 11.6 Å². The minimum atomic E-state index is -0.955. The van der Waals surface area contributed by atoms with Gasteiger partial charge in [-0.25, -0.2) is 4.79 Å². The van der Waals surface area contributed by atoms with E-state index in [4.69, 9.17) is 16.3 Å². The molecular formula is C22H20ClNO5. The Bertz CT molecular complexity index is 969. The van der Waals surface area contributed by atoms with Crippen molar-refractivity contribution in [3.8, 4) is 0 Å². The van der Waals surface area contributed by atoms with Gasteiger partial charge in [-0.2, -0.15) is 0 Å². The molecule has 2 aromatic rings. The highest BCUT2D eigenvalue weighted by Crippen LogP contribution is 2.40. The summed E-state index contributed by atoms with van der Waals surface area (Å²) < 4.78 is 4.81. The van der Waals surface area contributed by atoms with Gasteiger partial charge in [0.15, 0.2) is 5.78 Å². The topological polar surface area (TPSA) is 80.8 Å². The van der Waals surface area contributed by atoms with E-state index in [9.17, 15) is 19.2 Å². The molecule has 6 nitrogen and oxygen atoms in total. The van der Waals surface area contributed by atoms with Crippen LogP contribution in [-0.4, -0.2) is 36.1 Å². The molecule has 7 heteroatoms. The van der Waals surface area contributed by atoms with Gasteiger partial charge in [0.2, 0.25) is 11.7 Å². The fourth-order valence-corrected chi connectivity index (χ4v) is 3.79. The van der Waals surface area contributed by atoms with Crippen LogP contribution in [-0.2, 0) is 19.1 Å². The number of para-hydroxylation sites is 1. The first-order valence-electron chi connectivity index (χ1n) is 9.23. The second kappa shape index (κ2) is 8.57. The lowest BCUT2D eigenvalue weighted by Crippen LogP contribution is -2.44. The third-order valence-electron chi connectivity index (χ3n) is 4.90. The van der Waals surface area contributed by atoms with Crippen molar-refractivity contribution < 1.29 is 23.9 Å². The molecule has 0 bridgehead atoms. The van der Waals surface area contributed by atoms with Crippen LogP contribution < -0.4 is 4.90 Å². The molecular weight excluding hydrogens is 394 g/mol. The number of ether oxygens (including phenoxy) is 1. The minimum Gasteiger partial charge on any atom is -0.460 e. The lowest BCUT2D eigenvalue weighted by molar-refractivity contribution is -0.153. The van der Waals surface area contributed by atoms with Crippen molar-refractivity contribution in [2.24, 2.45) is 0 Å². The number of benzene rings is 2. The largest absolute Gasteiger partial charge is 0.460 e. The second-order valence-electron chi connectivity index (χ2n) is 6.72. The van der Waals surface area contributed by atoms with Gasteiger partial charge in [-0.3, -0.25) is 14.4 Å². The van der Waals surface area contributed by atoms with E-state index in [1.807, 2.05) is 0 Å². The smallest absolute Gasteiger partial charge is 0.374 e. The van der Waals surface area contributed by atoms with Crippen LogP contribution in [0.4, 0.5) is 5.69 Å². The number of Topliss-reactive ketones (excluding diaryl/α,β-unsaturated/α-hetero) is 2. The fourth-order valence-electron chi connectivity index (χ4n) is 3.66. The lowest BCUT2D eigenvalue weighted by atomic mass is 9.84. The van der Waals surface area contributed by atoms with Crippen molar-refractivity contribution >= 4 is 40.7 Å². The van der Waals surface area contributed by atoms with Gasteiger partial charge < -0.3 is 9.64 Å². The first-order valence-corrected chi connectivity index (χ1v) is 9.61. The fraction of sp³-hybridized carbons (Fsp3) is 0.273. The molecule has 0 spiro atoms. The first kappa shape index (κ1) is 20.7. The zero-order valence-corrected chi connectivity index (χ0v) is 16.8. The van der Waals surface area contributed by atoms with Crippen molar-refractivity contribution in [1.29, 1.82) is 0 Å². The molecule has 2 atom stereocenters. The summed E-state index contributed by atoms with van der Waals surface area (Å²) in [6.45, 7) is 3.05. The molecule has 0 unspecified atom stereocenters. The number of carbonyl (C=O) groups is 4. The number of rotatable bonds is 6. The van der Waals surface area contributed by atoms with Crippen molar-refractivity contribution in [2.45, 2.75) is 32.2 Å². The summed E-state index contributed by atoms with van der Waals surface area (Å²) in [4.78, 5) is 51.5. The maximum Gasteiger partial charge on any atom is 0.374 e. The monoisotopic (exact) mass is 413 g/mol. The van der Waals surface area contributed by atoms with Crippen molar-refractivity contribution in [2.75, 3.05) is 11.5 Å². The zero-order valence-electron chi connectivity index (χ0n) is 16.1. The number of carbonyl (C=O) groups excluding carboxylic acids is 4. The van der Waals surface area contributed by atoms with Crippen LogP contribution in [0, 0.1) is 0 Å². The molecule has 1 aliphatic rings. The predicted molar refractivity (Wildman–Crippen MR) is 108 cm³/mol. The standard InChI is InChI=1S/C22H20ClNO5/c1-3-29-22(28)19(26)12-17(14-8-10-15(23)11-9-14)20-21(27)16-6-4-5-7-18(16)24(20)13(2)25/h4-11,17,20H,3,12H2,1-2H3/t17-,20+/m1/s1. The van der Waals surface area contributed by atoms with Gasteiger partial charge in [-0.15, -0.1) is 0 Å². The molecule has 1 heterocycles. The Kier molecular flexibility index (Phi) is 6.13. The second-order valence-corrected chi connectivity index (χ2v) is 7.16. The molecule has 1 aliphatic heterocycles. The Morgan fingerprint density at radius 3 is 2.38 bits per heavy atom. The Morgan fingerprint density at radius 1 is 1.10 bits per heavy atom. The first-order chi connectivity index (χ1) is 13.8. The van der Waals surface area contributed by atoms with Gasteiger partial charge in [0.25, 0.3) is 0 Å². The lowest BCUT2D eigenvalue weighted by Gasteiger charge is -2.30. The van der Waals surface area contributed by atoms with E-state index in [1.54, 1.807) is 55.5 Å². The van der Waals surface area contributed by atoms with Crippen molar-refractivity contribution in [3.63, 3.8) is 0 Å². The molecule has 29 heavy (non-hydrogen) atoms. The van der Waals surface area contributed by atoms with Crippen LogP contribution in [0.1, 0.15) is 42.1 Å². The van der Waals surface area contributed by atoms with Crippen molar-refractivity contribution in [1.82, 2.24) is 0 Å². The number of fused-ring (bicyclic) bond motifs is 1. The predicted octanol–water partition coefficient (Wildman–Crippen LogP) is 3.56. The normalized spacial score (nSPS) is 16.3. The summed E-state index contributed by atoms with van der Waals surface area (Å²) in [5.41, 5.74) is 1.54. The minimum absolute atomic E-state index is 0.0730. The van der Waals surface area contributed by atoms with Gasteiger partial charge >= 0.3 is 5.97 Å². The number of anilines is 1. The van der Waals surface area contributed by atoms with Crippen LogP contribution in [0.2, 0.25) is 5.02 Å². The van der Waals surface area contributed by atoms with Crippen LogP contribution in [0.25, 0.3) is 0 Å². The Hall–Kier alpha value is -2.99. The van der Waals surface area contributed by atoms with E-state index >= 15 is 0 Å². The number of nitrogens with zero attached hydrogens (tertiary/aromatic N) is 1. The Labute approximate surface area is 173 Å². The molecule has 0 saturated carbocycles. The van der Waals surface area contributed by atoms with Gasteiger partial charge in [0.05, 0.1) is 12.3 Å². The summed E-state index contributed by atoms with van der Waals surface area (Å²) in [5, 5.41) is 0.494. The zero-order chi connectivity index (χ0) is 21.1. The number of ketones is 2. The Balaban J connectivity index is 2.06. The molecule has 0 aliphatic carbocycles. The SMILES string of the molecule is CCOC(=O)C(=O)C[C@H](c1ccc(Cl)cc1)[C@H]1C(=O)c2ccccc2N1C(C)=O. The number of hydrogen-bond acceptors (Lipinski definition) is 5. The maximum absolute atomic E-state index is 13.2. The molecule has 150 valence electrons. The van der Waals surface area contributed by atoms with Crippen molar-refractivity contribution in [3.05, 3.63) is 64.7 Å². The molecule has 0 saturated heterocycles. The van der Waals surface area contributed by atoms with E-state index in [2.05, 4.69) is 0 Å². The number of halogens is 1. The van der Waals surface area contributed by atoms with E-state index < -0.39 is 23.7 Å². The van der Waals surface area contributed by atoms with Crippen LogP contribution in [0.5, 0.6) is 0 Å². The number of amides is 1. The van der Waals surface area contributed by atoms with E-state index in [1.165, 1.54) is 11.8 Å². The average molecular weight is 414 g/mol. The highest BCUT2D eigenvalue weighted by Gasteiger charge is 2.45. The maximum atomic E-state index is 13.2. The van der Waals surface area contributed by atoms with Gasteiger partial charge in [-0.05, 0) is 36.8 Å². The van der Waals surface area contributed by atoms with E-state index in [0.29, 0.717) is 21.8 Å². The van der Waals surface area contributed by atoms with Gasteiger partial charge in [0, 0.05) is 29.8 Å². The number of hydrogen-bond donors (Lipinski definition) is 0. The van der Waals surface area contributed by atoms with E-state index in [-0.39, 0.29) is 24.7 Å². The van der Waals surface area contributed by atoms with E-state index in [0.717, 1.165) is 0 Å². The molecule has 0 N–H and O–H groups in total. The third-order valence-corrected chi connectivity index (χ3v) is 5.15. The third kappa shape index (κ3) is 4.07. The molecule has 0 aromatic heterocycles. The number of esters is 1. The summed E-state index contributed by atoms with van der Waals surface area (Å²) in [6, 6.07) is 12.5. The van der Waals surface area contributed by atoms with Gasteiger partial charge in [-0.1, -0.05) is 35.9 Å². The summed E-state index contributed by atoms with van der Waals surface area (Å²) in [7, 11) is 0. The summed E-state index contributed by atoms with van der Waals surface area (Å²) in [5.74, 6) is -3.03. The average Bonchev–Trinajstić information content (AvgIpc) is 3.00. The molecule has 1 amide bonds. The van der Waals surface area contributed by atoms with Gasteiger partial charge in [0.1, 0.15) is 6.04 Å². The highest BCUT2D eigenvalue weighted by molar-refractivity contribution is 6.34. The molecule has 0 fully saturated rings. The highest BCUT2D eigenvalue weighted by atomic mass is 35.5. The summed E-state index contributed by atoms with van der Waals surface area (Å²) >= 11 is 5.98. The molecule has 0 radical (unpaired) electrons. The summed E-state index contributed by atoms with van der Waals surface area (Å²) in [6.07, 6.45) is -0.269.